The third kappa shape index (κ3) is 2.98. The molecule has 1 unspecified atom stereocenters. The number of likely N-dealkylation sites (tertiary alicyclic amines) is 1. The third-order valence-electron chi connectivity index (χ3n) is 3.80. The Morgan fingerprint density at radius 2 is 2.05 bits per heavy atom. The van der Waals surface area contributed by atoms with Crippen molar-refractivity contribution in [2.24, 2.45) is 5.92 Å². The zero-order chi connectivity index (χ0) is 14.0. The summed E-state index contributed by atoms with van der Waals surface area (Å²) in [4.78, 5) is 14.5. The van der Waals surface area contributed by atoms with E-state index < -0.39 is 0 Å². The molecule has 19 heavy (non-hydrogen) atoms. The maximum Gasteiger partial charge on any atom is 0.254 e. The van der Waals surface area contributed by atoms with Crippen molar-refractivity contribution in [3.8, 4) is 0 Å². The van der Waals surface area contributed by atoms with Crippen molar-refractivity contribution in [1.29, 1.82) is 0 Å². The Labute approximate surface area is 115 Å². The summed E-state index contributed by atoms with van der Waals surface area (Å²) in [6, 6.07) is 7.85. The predicted molar refractivity (Wildman–Crippen MR) is 76.2 cm³/mol. The van der Waals surface area contributed by atoms with Gasteiger partial charge in [-0.15, -0.1) is 0 Å². The van der Waals surface area contributed by atoms with Crippen molar-refractivity contribution in [3.63, 3.8) is 0 Å². The lowest BCUT2D eigenvalue weighted by atomic mass is 9.83. The number of carbonyl (C=O) groups excluding carboxylic acids is 1. The number of aliphatic hydroxyl groups excluding tert-OH is 1. The van der Waals surface area contributed by atoms with Crippen LogP contribution in [0, 0.1) is 5.92 Å². The molecule has 0 bridgehead atoms. The maximum atomic E-state index is 12.6. The Morgan fingerprint density at radius 1 is 1.37 bits per heavy atom. The zero-order valence-corrected chi connectivity index (χ0v) is 12.0. The van der Waals surface area contributed by atoms with Crippen LogP contribution in [-0.2, 0) is 5.41 Å². The first kappa shape index (κ1) is 14.1. The van der Waals surface area contributed by atoms with E-state index in [-0.39, 0.29) is 23.8 Å². The van der Waals surface area contributed by atoms with Crippen LogP contribution in [0.3, 0.4) is 0 Å². The first-order chi connectivity index (χ1) is 8.93. The van der Waals surface area contributed by atoms with Gasteiger partial charge in [0.1, 0.15) is 0 Å². The normalized spacial score (nSPS) is 19.8. The molecule has 0 aliphatic carbocycles. The van der Waals surface area contributed by atoms with Crippen LogP contribution in [0.15, 0.2) is 24.3 Å². The second kappa shape index (κ2) is 5.33. The molecule has 0 saturated carbocycles. The molecule has 1 N–H and O–H groups in total. The lowest BCUT2D eigenvalue weighted by Crippen LogP contribution is -2.31. The van der Waals surface area contributed by atoms with E-state index in [9.17, 15) is 9.90 Å². The number of carbonyl (C=O) groups is 1. The van der Waals surface area contributed by atoms with Gasteiger partial charge in [-0.1, -0.05) is 39.0 Å². The van der Waals surface area contributed by atoms with Crippen molar-refractivity contribution in [3.05, 3.63) is 35.4 Å². The summed E-state index contributed by atoms with van der Waals surface area (Å²) in [5.74, 6) is 0.340. The average Bonchev–Trinajstić information content (AvgIpc) is 2.85. The van der Waals surface area contributed by atoms with Gasteiger partial charge < -0.3 is 10.0 Å². The van der Waals surface area contributed by atoms with Gasteiger partial charge in [-0.05, 0) is 23.5 Å². The Kier molecular flexibility index (Phi) is 3.95. The lowest BCUT2D eigenvalue weighted by Gasteiger charge is -2.25. The highest BCUT2D eigenvalue weighted by Crippen LogP contribution is 2.28. The Balaban J connectivity index is 2.25. The standard InChI is InChI=1S/C16H23NO2/c1-16(2,3)14-7-5-4-6-13(14)15(19)17-9-8-12(10-17)11-18/h4-7,12,18H,8-11H2,1-3H3. The molecule has 1 heterocycles. The van der Waals surface area contributed by atoms with Crippen molar-refractivity contribution < 1.29 is 9.90 Å². The van der Waals surface area contributed by atoms with Gasteiger partial charge in [0.2, 0.25) is 0 Å². The molecule has 1 saturated heterocycles. The van der Waals surface area contributed by atoms with E-state index in [1.54, 1.807) is 0 Å². The van der Waals surface area contributed by atoms with E-state index in [1.165, 1.54) is 0 Å². The molecule has 0 aromatic heterocycles. The summed E-state index contributed by atoms with van der Waals surface area (Å²) in [6.07, 6.45) is 0.903. The van der Waals surface area contributed by atoms with E-state index in [0.29, 0.717) is 6.54 Å². The molecule has 0 radical (unpaired) electrons. The number of benzene rings is 1. The van der Waals surface area contributed by atoms with Gasteiger partial charge in [0.15, 0.2) is 0 Å². The fraction of sp³-hybridized carbons (Fsp3) is 0.562. The Bertz CT molecular complexity index is 462. The van der Waals surface area contributed by atoms with Crippen LogP contribution in [-0.4, -0.2) is 35.6 Å². The molecule has 1 aliphatic heterocycles. The summed E-state index contributed by atoms with van der Waals surface area (Å²) in [7, 11) is 0. The third-order valence-corrected chi connectivity index (χ3v) is 3.80. The second-order valence-corrected chi connectivity index (χ2v) is 6.38. The Morgan fingerprint density at radius 3 is 2.63 bits per heavy atom. The molecular formula is C16H23NO2. The number of aliphatic hydroxyl groups is 1. The summed E-state index contributed by atoms with van der Waals surface area (Å²) in [6.45, 7) is 7.97. The number of rotatable bonds is 2. The molecule has 1 aliphatic rings. The van der Waals surface area contributed by atoms with Crippen molar-refractivity contribution in [2.75, 3.05) is 19.7 Å². The number of hydrogen-bond acceptors (Lipinski definition) is 2. The molecule has 1 aromatic rings. The topological polar surface area (TPSA) is 40.5 Å². The minimum atomic E-state index is -0.0393. The van der Waals surface area contributed by atoms with Crippen LogP contribution in [0.25, 0.3) is 0 Å². The average molecular weight is 261 g/mol. The van der Waals surface area contributed by atoms with Crippen LogP contribution >= 0.6 is 0 Å². The SMILES string of the molecule is CC(C)(C)c1ccccc1C(=O)N1CCC(CO)C1. The lowest BCUT2D eigenvalue weighted by molar-refractivity contribution is 0.0779. The molecule has 1 amide bonds. The van der Waals surface area contributed by atoms with Gasteiger partial charge in [0.25, 0.3) is 5.91 Å². The molecule has 3 heteroatoms. The maximum absolute atomic E-state index is 12.6. The summed E-state index contributed by atoms with van der Waals surface area (Å²) in [5.41, 5.74) is 1.85. The molecular weight excluding hydrogens is 238 g/mol. The number of nitrogens with zero attached hydrogens (tertiary/aromatic N) is 1. The largest absolute Gasteiger partial charge is 0.396 e. The van der Waals surface area contributed by atoms with E-state index in [2.05, 4.69) is 20.8 Å². The van der Waals surface area contributed by atoms with E-state index in [0.717, 1.165) is 24.1 Å². The van der Waals surface area contributed by atoms with Crippen molar-refractivity contribution in [2.45, 2.75) is 32.6 Å². The fourth-order valence-electron chi connectivity index (χ4n) is 2.66. The van der Waals surface area contributed by atoms with Gasteiger partial charge in [-0.2, -0.15) is 0 Å². The van der Waals surface area contributed by atoms with Crippen LogP contribution < -0.4 is 0 Å². The van der Waals surface area contributed by atoms with E-state index in [4.69, 9.17) is 0 Å². The van der Waals surface area contributed by atoms with Crippen molar-refractivity contribution in [1.82, 2.24) is 4.90 Å². The van der Waals surface area contributed by atoms with Crippen LogP contribution in [0.1, 0.15) is 43.1 Å². The van der Waals surface area contributed by atoms with Crippen LogP contribution in [0.5, 0.6) is 0 Å². The molecule has 3 nitrogen and oxygen atoms in total. The fourth-order valence-corrected chi connectivity index (χ4v) is 2.66. The van der Waals surface area contributed by atoms with Crippen LogP contribution in [0.4, 0.5) is 0 Å². The molecule has 2 rings (SSSR count). The molecule has 104 valence electrons. The quantitative estimate of drug-likeness (QED) is 0.888. The minimum absolute atomic E-state index is 0.0393. The van der Waals surface area contributed by atoms with Gasteiger partial charge in [-0.3, -0.25) is 4.79 Å². The summed E-state index contributed by atoms with van der Waals surface area (Å²) < 4.78 is 0. The monoisotopic (exact) mass is 261 g/mol. The predicted octanol–water partition coefficient (Wildman–Crippen LogP) is 2.44. The first-order valence-electron chi connectivity index (χ1n) is 6.93. The van der Waals surface area contributed by atoms with Gasteiger partial charge in [0.05, 0.1) is 0 Å². The van der Waals surface area contributed by atoms with Gasteiger partial charge in [0, 0.05) is 31.2 Å². The minimum Gasteiger partial charge on any atom is -0.396 e. The van der Waals surface area contributed by atoms with Crippen molar-refractivity contribution >= 4 is 5.91 Å². The highest BCUT2D eigenvalue weighted by molar-refractivity contribution is 5.96. The Hall–Kier alpha value is -1.35. The highest BCUT2D eigenvalue weighted by atomic mass is 16.3. The highest BCUT2D eigenvalue weighted by Gasteiger charge is 2.29. The summed E-state index contributed by atoms with van der Waals surface area (Å²) >= 11 is 0. The molecule has 1 atom stereocenters. The molecule has 1 fully saturated rings. The van der Waals surface area contributed by atoms with Gasteiger partial charge >= 0.3 is 0 Å². The first-order valence-corrected chi connectivity index (χ1v) is 6.93. The molecule has 1 aromatic carbocycles. The molecule has 0 spiro atoms. The van der Waals surface area contributed by atoms with Crippen LogP contribution in [0.2, 0.25) is 0 Å². The van der Waals surface area contributed by atoms with E-state index >= 15 is 0 Å². The van der Waals surface area contributed by atoms with Gasteiger partial charge in [-0.25, -0.2) is 0 Å². The second-order valence-electron chi connectivity index (χ2n) is 6.38. The van der Waals surface area contributed by atoms with E-state index in [1.807, 2.05) is 29.2 Å². The zero-order valence-electron chi connectivity index (χ0n) is 12.0. The summed E-state index contributed by atoms with van der Waals surface area (Å²) in [5, 5.41) is 9.18. The number of hydrogen-bond donors (Lipinski definition) is 1. The number of amides is 1. The smallest absolute Gasteiger partial charge is 0.254 e.